The van der Waals surface area contributed by atoms with Crippen LogP contribution in [0.1, 0.15) is 22.6 Å². The molecule has 0 unspecified atom stereocenters. The van der Waals surface area contributed by atoms with E-state index in [1.807, 2.05) is 17.9 Å². The van der Waals surface area contributed by atoms with Crippen molar-refractivity contribution in [1.82, 2.24) is 24.8 Å². The lowest BCUT2D eigenvalue weighted by Crippen LogP contribution is -2.48. The number of H-pyrrole nitrogens is 1. The van der Waals surface area contributed by atoms with Gasteiger partial charge in [-0.15, -0.1) is 11.3 Å². The highest BCUT2D eigenvalue weighted by Gasteiger charge is 2.22. The minimum atomic E-state index is -0.188. The van der Waals surface area contributed by atoms with Crippen LogP contribution >= 0.6 is 22.9 Å². The molecule has 1 fully saturated rings. The quantitative estimate of drug-likeness (QED) is 0.615. The van der Waals surface area contributed by atoms with E-state index in [1.165, 1.54) is 4.88 Å². The van der Waals surface area contributed by atoms with E-state index >= 15 is 0 Å². The van der Waals surface area contributed by atoms with Gasteiger partial charge in [-0.25, -0.2) is 4.98 Å². The number of carbonyl (C=O) groups is 1. The lowest BCUT2D eigenvalue weighted by atomic mass is 10.1. The highest BCUT2D eigenvalue weighted by Crippen LogP contribution is 2.23. The van der Waals surface area contributed by atoms with Crippen molar-refractivity contribution in [2.45, 2.75) is 26.3 Å². The number of nitrogens with one attached hydrogen (secondary N) is 1. The lowest BCUT2D eigenvalue weighted by molar-refractivity contribution is -0.133. The Labute approximate surface area is 189 Å². The summed E-state index contributed by atoms with van der Waals surface area (Å²) in [5, 5.41) is 0. The Bertz CT molecular complexity index is 1110. The normalized spacial score (nSPS) is 14.7. The number of pyridine rings is 1. The molecule has 1 aliphatic rings. The summed E-state index contributed by atoms with van der Waals surface area (Å²) in [6.07, 6.45) is 4.01. The van der Waals surface area contributed by atoms with Gasteiger partial charge in [-0.1, -0.05) is 11.6 Å². The van der Waals surface area contributed by atoms with Gasteiger partial charge in [-0.2, -0.15) is 0 Å². The second kappa shape index (κ2) is 9.72. The predicted octanol–water partition coefficient (Wildman–Crippen LogP) is 3.13. The zero-order valence-electron chi connectivity index (χ0n) is 17.3. The van der Waals surface area contributed by atoms with Gasteiger partial charge in [0.05, 0.1) is 4.34 Å². The zero-order valence-corrected chi connectivity index (χ0v) is 18.9. The van der Waals surface area contributed by atoms with Gasteiger partial charge in [0.15, 0.2) is 0 Å². The summed E-state index contributed by atoms with van der Waals surface area (Å²) in [6.45, 7) is 5.75. The average molecular weight is 458 g/mol. The monoisotopic (exact) mass is 457 g/mol. The third-order valence-electron chi connectivity index (χ3n) is 5.50. The summed E-state index contributed by atoms with van der Waals surface area (Å²) in [7, 11) is 0. The number of piperazine rings is 1. The van der Waals surface area contributed by atoms with Crippen molar-refractivity contribution in [2.75, 3.05) is 26.2 Å². The van der Waals surface area contributed by atoms with Crippen molar-refractivity contribution in [1.29, 1.82) is 0 Å². The maximum Gasteiger partial charge on any atom is 0.254 e. The van der Waals surface area contributed by atoms with Crippen molar-refractivity contribution < 1.29 is 4.79 Å². The molecule has 4 heterocycles. The molecule has 0 atom stereocenters. The molecule has 3 aromatic heterocycles. The molecule has 0 saturated carbocycles. The molecule has 7 nitrogen and oxygen atoms in total. The number of nitrogens with zero attached hydrogens (tertiary/aromatic N) is 4. The van der Waals surface area contributed by atoms with Gasteiger partial charge in [-0.05, 0) is 37.6 Å². The first-order valence-electron chi connectivity index (χ1n) is 10.2. The van der Waals surface area contributed by atoms with Gasteiger partial charge in [-0.3, -0.25) is 19.5 Å². The predicted molar refractivity (Wildman–Crippen MR) is 122 cm³/mol. The third-order valence-corrected chi connectivity index (χ3v) is 6.71. The Balaban J connectivity index is 1.31. The molecule has 3 aromatic rings. The van der Waals surface area contributed by atoms with E-state index in [0.717, 1.165) is 29.5 Å². The number of rotatable bonds is 6. The first-order chi connectivity index (χ1) is 15.0. The van der Waals surface area contributed by atoms with Crippen LogP contribution in [0.3, 0.4) is 0 Å². The highest BCUT2D eigenvalue weighted by atomic mass is 35.5. The first kappa shape index (κ1) is 21.7. The highest BCUT2D eigenvalue weighted by molar-refractivity contribution is 7.16. The van der Waals surface area contributed by atoms with Crippen molar-refractivity contribution in [3.05, 3.63) is 67.5 Å². The van der Waals surface area contributed by atoms with Gasteiger partial charge in [0.1, 0.15) is 5.82 Å². The Hall–Kier alpha value is -2.55. The van der Waals surface area contributed by atoms with Crippen LogP contribution in [0.4, 0.5) is 0 Å². The summed E-state index contributed by atoms with van der Waals surface area (Å²) in [5.74, 6) is 0.596. The minimum Gasteiger partial charge on any atom is -0.340 e. The summed E-state index contributed by atoms with van der Waals surface area (Å²) in [5.41, 5.74) is 1.84. The first-order valence-corrected chi connectivity index (χ1v) is 11.4. The van der Waals surface area contributed by atoms with Crippen molar-refractivity contribution in [3.63, 3.8) is 0 Å². The Morgan fingerprint density at radius 2 is 1.90 bits per heavy atom. The third kappa shape index (κ3) is 5.39. The van der Waals surface area contributed by atoms with E-state index < -0.39 is 0 Å². The fourth-order valence-corrected chi connectivity index (χ4v) is 4.88. The van der Waals surface area contributed by atoms with Crippen LogP contribution in [0.25, 0.3) is 11.4 Å². The summed E-state index contributed by atoms with van der Waals surface area (Å²) in [4.78, 5) is 42.1. The van der Waals surface area contributed by atoms with Crippen LogP contribution in [0.5, 0.6) is 0 Å². The molecule has 0 aromatic carbocycles. The molecule has 162 valence electrons. The van der Waals surface area contributed by atoms with Crippen molar-refractivity contribution in [3.8, 4) is 11.4 Å². The van der Waals surface area contributed by atoms with Gasteiger partial charge in [0.25, 0.3) is 5.56 Å². The van der Waals surface area contributed by atoms with Crippen LogP contribution in [0.15, 0.2) is 41.5 Å². The fourth-order valence-electron chi connectivity index (χ4n) is 3.75. The molecule has 31 heavy (non-hydrogen) atoms. The topological polar surface area (TPSA) is 82.2 Å². The van der Waals surface area contributed by atoms with Crippen LogP contribution in [0.2, 0.25) is 4.34 Å². The summed E-state index contributed by atoms with van der Waals surface area (Å²) >= 11 is 7.60. The molecule has 1 amide bonds. The van der Waals surface area contributed by atoms with Crippen LogP contribution in [0, 0.1) is 6.92 Å². The summed E-state index contributed by atoms with van der Waals surface area (Å²) < 4.78 is 0.803. The standard InChI is InChI=1S/C22H24ClN5O2S/c1-15-18(22(30)26-21(25-15)16-6-8-24-9-7-16)3-5-20(29)28-12-10-27(11-13-28)14-17-2-4-19(23)31-17/h2,4,6-9H,3,5,10-14H2,1H3,(H,25,26,30). The van der Waals surface area contributed by atoms with Gasteiger partial charge in [0, 0.05) is 73.2 Å². The molecule has 0 aliphatic carbocycles. The molecule has 0 bridgehead atoms. The maximum absolute atomic E-state index is 12.7. The molecule has 1 aliphatic heterocycles. The average Bonchev–Trinajstić information content (AvgIpc) is 3.18. The number of aryl methyl sites for hydroxylation is 1. The number of hydrogen-bond acceptors (Lipinski definition) is 6. The SMILES string of the molecule is Cc1nc(-c2ccncc2)[nH]c(=O)c1CCC(=O)N1CCN(Cc2ccc(Cl)s2)CC1. The second-order valence-corrected chi connectivity index (χ2v) is 9.38. The van der Waals surface area contributed by atoms with Crippen LogP contribution < -0.4 is 5.56 Å². The maximum atomic E-state index is 12.7. The number of hydrogen-bond donors (Lipinski definition) is 1. The number of carbonyl (C=O) groups excluding carboxylic acids is 1. The number of aromatic amines is 1. The number of halogens is 1. The van der Waals surface area contributed by atoms with E-state index in [9.17, 15) is 9.59 Å². The molecule has 4 rings (SSSR count). The van der Waals surface area contributed by atoms with Gasteiger partial charge >= 0.3 is 0 Å². The van der Waals surface area contributed by atoms with E-state index in [0.29, 0.717) is 43.0 Å². The van der Waals surface area contributed by atoms with E-state index in [1.54, 1.807) is 35.9 Å². The Morgan fingerprint density at radius 1 is 1.16 bits per heavy atom. The van der Waals surface area contributed by atoms with Crippen molar-refractivity contribution in [2.24, 2.45) is 0 Å². The van der Waals surface area contributed by atoms with E-state index in [2.05, 4.69) is 25.9 Å². The molecule has 1 N–H and O–H groups in total. The zero-order chi connectivity index (χ0) is 21.8. The number of amides is 1. The molecular weight excluding hydrogens is 434 g/mol. The summed E-state index contributed by atoms with van der Waals surface area (Å²) in [6, 6.07) is 7.57. The smallest absolute Gasteiger partial charge is 0.254 e. The largest absolute Gasteiger partial charge is 0.340 e. The van der Waals surface area contributed by atoms with Gasteiger partial charge in [0.2, 0.25) is 5.91 Å². The molecule has 0 radical (unpaired) electrons. The molecule has 0 spiro atoms. The number of aromatic nitrogens is 3. The number of thiophene rings is 1. The minimum absolute atomic E-state index is 0.0795. The molecule has 1 saturated heterocycles. The van der Waals surface area contributed by atoms with Gasteiger partial charge < -0.3 is 9.88 Å². The van der Waals surface area contributed by atoms with E-state index in [4.69, 9.17) is 11.6 Å². The Morgan fingerprint density at radius 3 is 2.55 bits per heavy atom. The Kier molecular flexibility index (Phi) is 6.80. The second-order valence-electron chi connectivity index (χ2n) is 7.58. The lowest BCUT2D eigenvalue weighted by Gasteiger charge is -2.34. The molecular formula is C22H24ClN5O2S. The van der Waals surface area contributed by atoms with Crippen LogP contribution in [-0.4, -0.2) is 56.8 Å². The van der Waals surface area contributed by atoms with Crippen molar-refractivity contribution >= 4 is 28.8 Å². The fraction of sp³-hybridized carbons (Fsp3) is 0.364. The van der Waals surface area contributed by atoms with E-state index in [-0.39, 0.29) is 11.5 Å². The van der Waals surface area contributed by atoms with Crippen LogP contribution in [-0.2, 0) is 17.8 Å². The molecule has 9 heteroatoms.